The predicted molar refractivity (Wildman–Crippen MR) is 138 cm³/mol. The second-order valence-electron chi connectivity index (χ2n) is 8.42. The summed E-state index contributed by atoms with van der Waals surface area (Å²) in [6.45, 7) is 3.79. The number of aryl methyl sites for hydroxylation is 1. The van der Waals surface area contributed by atoms with Crippen molar-refractivity contribution in [3.05, 3.63) is 40.2 Å². The van der Waals surface area contributed by atoms with Crippen LogP contribution in [0.5, 0.6) is 0 Å². The lowest BCUT2D eigenvalue weighted by molar-refractivity contribution is -0.687. The molecule has 5 heterocycles. The van der Waals surface area contributed by atoms with Gasteiger partial charge in [-0.1, -0.05) is 16.5 Å². The van der Waals surface area contributed by atoms with E-state index in [0.717, 1.165) is 21.3 Å². The van der Waals surface area contributed by atoms with Crippen LogP contribution in [-0.2, 0) is 25.8 Å². The summed E-state index contributed by atoms with van der Waals surface area (Å²) in [5, 5.41) is 17.9. The van der Waals surface area contributed by atoms with Gasteiger partial charge in [0.05, 0.1) is 11.7 Å². The minimum absolute atomic E-state index is 0.0522. The van der Waals surface area contributed by atoms with E-state index in [1.807, 2.05) is 0 Å². The maximum Gasteiger partial charge on any atom is 0.278 e. The van der Waals surface area contributed by atoms with E-state index >= 15 is 0 Å². The zero-order valence-electron chi connectivity index (χ0n) is 20.4. The number of nitrogens with two attached hydrogens (primary N) is 2. The van der Waals surface area contributed by atoms with Gasteiger partial charge in [0.15, 0.2) is 5.13 Å². The number of nitrogen functional groups attached to an aromatic ring is 1. The molecule has 3 aromatic rings. The molecular formula is C21H21N9O6S3. The molecule has 2 atom stereocenters. The maximum absolute atomic E-state index is 13.1. The molecule has 5 N–H and O–H groups in total. The van der Waals surface area contributed by atoms with E-state index < -0.39 is 35.1 Å². The number of imidazole rings is 1. The smallest absolute Gasteiger partial charge is 0.278 e. The van der Waals surface area contributed by atoms with Crippen molar-refractivity contribution >= 4 is 74.0 Å². The molecule has 18 heteroatoms. The Kier molecular flexibility index (Phi) is 7.00. The first-order valence-electron chi connectivity index (χ1n) is 11.4. The van der Waals surface area contributed by atoms with Gasteiger partial charge >= 0.3 is 0 Å². The average Bonchev–Trinajstić information content (AvgIpc) is 3.58. The van der Waals surface area contributed by atoms with E-state index in [2.05, 4.69) is 19.8 Å². The number of aliphatic carboxylic acids is 1. The van der Waals surface area contributed by atoms with Gasteiger partial charge in [0.25, 0.3) is 17.7 Å². The molecule has 0 radical (unpaired) electrons. The zero-order valence-corrected chi connectivity index (χ0v) is 22.9. The first kappa shape index (κ1) is 26.6. The molecule has 1 fully saturated rings. The highest BCUT2D eigenvalue weighted by atomic mass is 32.2. The molecular weight excluding hydrogens is 570 g/mol. The summed E-state index contributed by atoms with van der Waals surface area (Å²) in [6, 6.07) is -1.01. The fraction of sp³-hybridized carbons (Fsp3) is 0.333. The van der Waals surface area contributed by atoms with Crippen LogP contribution in [0.1, 0.15) is 28.1 Å². The Morgan fingerprint density at radius 1 is 1.38 bits per heavy atom. The molecule has 2 aliphatic rings. The van der Waals surface area contributed by atoms with Crippen molar-refractivity contribution in [2.45, 2.75) is 31.8 Å². The number of carbonyl (C=O) groups excluding carboxylic acids is 4. The summed E-state index contributed by atoms with van der Waals surface area (Å²) in [4.78, 5) is 61.0. The Balaban J connectivity index is 1.36. The molecule has 204 valence electrons. The lowest BCUT2D eigenvalue weighted by atomic mass is 10.0. The number of aromatic nitrogens is 4. The van der Waals surface area contributed by atoms with Gasteiger partial charge in [0.1, 0.15) is 41.3 Å². The molecule has 2 aliphatic heterocycles. The number of carboxylic acid groups (broad SMARTS) is 1. The zero-order chi connectivity index (χ0) is 28.0. The summed E-state index contributed by atoms with van der Waals surface area (Å²) in [5.41, 5.74) is 11.7. The van der Waals surface area contributed by atoms with Gasteiger partial charge in [-0.3, -0.25) is 19.3 Å². The van der Waals surface area contributed by atoms with Crippen LogP contribution in [0.15, 0.2) is 29.0 Å². The molecule has 0 aromatic carbocycles. The Morgan fingerprint density at radius 2 is 2.15 bits per heavy atom. The summed E-state index contributed by atoms with van der Waals surface area (Å²) in [7, 11) is 0. The first-order chi connectivity index (χ1) is 18.6. The molecule has 1 saturated heterocycles. The van der Waals surface area contributed by atoms with Crippen molar-refractivity contribution in [1.29, 1.82) is 0 Å². The Bertz CT molecular complexity index is 1590. The number of nitrogens with one attached hydrogen (secondary N) is 1. The monoisotopic (exact) mass is 591 g/mol. The van der Waals surface area contributed by atoms with Crippen molar-refractivity contribution in [2.75, 3.05) is 18.1 Å². The number of primary amides is 1. The standard InChI is InChI=1S/C21H21N9O6S3/c1-3-36-26-11(16-25-21(23)39-27-16)17(32)24-12-18(33)30-13(20(34)35)9(6-37-19(12)30)4-28-5-10-29(7-28)8(2)14(38-10)15(22)31/h5,7,12,19H,3-4,6H2,1-2H3,(H5-,22,23,24,25,27,31,32,34,35)/b26-11-/t12-,19-/m1/s1. The number of nitrogens with zero attached hydrogens (tertiary/aromatic N) is 6. The number of β-lactam (4-membered cyclic amide) rings is 1. The van der Waals surface area contributed by atoms with Crippen LogP contribution in [0.3, 0.4) is 0 Å². The summed E-state index contributed by atoms with van der Waals surface area (Å²) < 4.78 is 7.52. The van der Waals surface area contributed by atoms with Gasteiger partial charge < -0.3 is 31.5 Å². The molecule has 15 nitrogen and oxygen atoms in total. The van der Waals surface area contributed by atoms with Gasteiger partial charge in [-0.15, -0.1) is 11.8 Å². The van der Waals surface area contributed by atoms with E-state index in [1.165, 1.54) is 23.1 Å². The van der Waals surface area contributed by atoms with Crippen molar-refractivity contribution in [1.82, 2.24) is 24.0 Å². The molecule has 5 rings (SSSR count). The Hall–Kier alpha value is -4.03. The number of anilines is 1. The van der Waals surface area contributed by atoms with E-state index in [9.17, 15) is 24.3 Å². The normalized spacial score (nSPS) is 19.2. The number of carbonyl (C=O) groups is 4. The first-order valence-corrected chi connectivity index (χ1v) is 14.0. The Morgan fingerprint density at radius 3 is 2.77 bits per heavy atom. The minimum Gasteiger partial charge on any atom is -0.543 e. The number of thioether (sulfide) groups is 1. The van der Waals surface area contributed by atoms with Gasteiger partial charge in [0, 0.05) is 22.9 Å². The van der Waals surface area contributed by atoms with Crippen LogP contribution in [0, 0.1) is 6.92 Å². The summed E-state index contributed by atoms with van der Waals surface area (Å²) in [5.74, 6) is -3.17. The van der Waals surface area contributed by atoms with E-state index in [1.54, 1.807) is 35.3 Å². The number of amides is 3. The largest absolute Gasteiger partial charge is 0.543 e. The third-order valence-electron chi connectivity index (χ3n) is 5.95. The third kappa shape index (κ3) is 4.70. The molecule has 0 bridgehead atoms. The van der Waals surface area contributed by atoms with Crippen LogP contribution < -0.4 is 26.5 Å². The highest BCUT2D eigenvalue weighted by Crippen LogP contribution is 2.40. The number of carboxylic acids is 1. The number of hydrogen-bond donors (Lipinski definition) is 3. The Labute approximate surface area is 232 Å². The van der Waals surface area contributed by atoms with Crippen LogP contribution in [0.25, 0.3) is 4.83 Å². The van der Waals surface area contributed by atoms with Crippen LogP contribution in [0.2, 0.25) is 0 Å². The summed E-state index contributed by atoms with van der Waals surface area (Å²) in [6.07, 6.45) is 3.49. The van der Waals surface area contributed by atoms with Crippen molar-refractivity contribution in [2.24, 2.45) is 10.9 Å². The van der Waals surface area contributed by atoms with E-state index in [-0.39, 0.29) is 41.3 Å². The quantitative estimate of drug-likeness (QED) is 0.107. The molecule has 39 heavy (non-hydrogen) atoms. The fourth-order valence-electron chi connectivity index (χ4n) is 4.24. The second-order valence-corrected chi connectivity index (χ2v) is 11.3. The fourth-order valence-corrected chi connectivity index (χ4v) is 7.04. The van der Waals surface area contributed by atoms with E-state index in [4.69, 9.17) is 16.3 Å². The number of rotatable bonds is 9. The average molecular weight is 592 g/mol. The van der Waals surface area contributed by atoms with Crippen LogP contribution in [0.4, 0.5) is 5.13 Å². The topological polar surface area (TPSA) is 214 Å². The number of thiazole rings is 1. The van der Waals surface area contributed by atoms with Crippen molar-refractivity contribution < 1.29 is 33.7 Å². The van der Waals surface area contributed by atoms with Gasteiger partial charge in [0.2, 0.25) is 22.7 Å². The molecule has 0 aliphatic carbocycles. The lowest BCUT2D eigenvalue weighted by Gasteiger charge is -2.50. The number of oxime groups is 1. The summed E-state index contributed by atoms with van der Waals surface area (Å²) >= 11 is 3.40. The SMILES string of the molecule is CCO/N=C(\C(=O)N[C@@H]1C(=O)N2C(C(=O)[O-])=C(C[n+]3cc4sc(C(N)=O)c(C)n4c3)CS[C@H]12)c1nsc(N)n1. The minimum atomic E-state index is -1.50. The van der Waals surface area contributed by atoms with Crippen molar-refractivity contribution in [3.63, 3.8) is 0 Å². The second kappa shape index (κ2) is 10.3. The van der Waals surface area contributed by atoms with Crippen LogP contribution >= 0.6 is 34.6 Å². The molecule has 3 aromatic heterocycles. The number of fused-ring (bicyclic) bond motifs is 2. The molecule has 0 unspecified atom stereocenters. The highest BCUT2D eigenvalue weighted by Gasteiger charge is 2.53. The van der Waals surface area contributed by atoms with Gasteiger partial charge in [-0.05, 0) is 13.8 Å². The maximum atomic E-state index is 13.1. The van der Waals surface area contributed by atoms with Gasteiger partial charge in [-0.25, -0.2) is 4.57 Å². The van der Waals surface area contributed by atoms with E-state index in [0.29, 0.717) is 16.1 Å². The number of hydrogen-bond acceptors (Lipinski definition) is 13. The lowest BCUT2D eigenvalue weighted by Crippen LogP contribution is -2.71. The highest BCUT2D eigenvalue weighted by molar-refractivity contribution is 8.00. The van der Waals surface area contributed by atoms with Crippen molar-refractivity contribution in [3.8, 4) is 0 Å². The van der Waals surface area contributed by atoms with Gasteiger partial charge in [-0.2, -0.15) is 13.8 Å². The van der Waals surface area contributed by atoms with Crippen LogP contribution in [-0.4, -0.2) is 71.8 Å². The third-order valence-corrected chi connectivity index (χ3v) is 9.05. The molecule has 3 amide bonds. The predicted octanol–water partition coefficient (Wildman–Crippen LogP) is -2.03. The molecule has 0 spiro atoms. The molecule has 0 saturated carbocycles.